The van der Waals surface area contributed by atoms with Gasteiger partial charge in [-0.25, -0.2) is 0 Å². The zero-order valence-electron chi connectivity index (χ0n) is 11.4. The number of likely N-dealkylation sites (tertiary alicyclic amines) is 1. The van der Waals surface area contributed by atoms with Gasteiger partial charge in [-0.1, -0.05) is 44.2 Å². The summed E-state index contributed by atoms with van der Waals surface area (Å²) in [6.45, 7) is 6.41. The predicted molar refractivity (Wildman–Crippen MR) is 74.3 cm³/mol. The minimum atomic E-state index is 0.284. The van der Waals surface area contributed by atoms with Gasteiger partial charge in [-0.2, -0.15) is 0 Å². The highest BCUT2D eigenvalue weighted by Crippen LogP contribution is 2.23. The summed E-state index contributed by atoms with van der Waals surface area (Å²) < 4.78 is 0. The molecule has 1 fully saturated rings. The summed E-state index contributed by atoms with van der Waals surface area (Å²) in [5.41, 5.74) is 1.12. The molecule has 2 nitrogen and oxygen atoms in total. The lowest BCUT2D eigenvalue weighted by Gasteiger charge is -2.35. The zero-order valence-corrected chi connectivity index (χ0v) is 11.4. The minimum absolute atomic E-state index is 0.284. The van der Waals surface area contributed by atoms with Crippen molar-refractivity contribution in [3.05, 3.63) is 35.9 Å². The Morgan fingerprint density at radius 1 is 1.33 bits per heavy atom. The van der Waals surface area contributed by atoms with Crippen molar-refractivity contribution in [2.45, 2.75) is 33.1 Å². The first-order chi connectivity index (χ1) is 8.66. The van der Waals surface area contributed by atoms with Gasteiger partial charge in [0.1, 0.15) is 0 Å². The summed E-state index contributed by atoms with van der Waals surface area (Å²) in [7, 11) is 0. The summed E-state index contributed by atoms with van der Waals surface area (Å²) in [5.74, 6) is 1.64. The molecule has 1 saturated heterocycles. The van der Waals surface area contributed by atoms with Crippen LogP contribution in [0.1, 0.15) is 32.3 Å². The Bertz CT molecular complexity index is 385. The molecule has 0 radical (unpaired) electrons. The topological polar surface area (TPSA) is 20.3 Å². The predicted octanol–water partition coefficient (Wildman–Crippen LogP) is 3.12. The van der Waals surface area contributed by atoms with Gasteiger partial charge in [0.15, 0.2) is 0 Å². The van der Waals surface area contributed by atoms with Crippen LogP contribution < -0.4 is 0 Å². The third kappa shape index (κ3) is 3.34. The fourth-order valence-corrected chi connectivity index (χ4v) is 2.66. The SMILES string of the molecule is CC(C)[C@@H]1CCCN(C(=O)Cc2ccccc2)C1. The zero-order chi connectivity index (χ0) is 13.0. The van der Waals surface area contributed by atoms with Crippen molar-refractivity contribution in [2.75, 3.05) is 13.1 Å². The van der Waals surface area contributed by atoms with Crippen LogP contribution in [0, 0.1) is 11.8 Å². The molecule has 18 heavy (non-hydrogen) atoms. The van der Waals surface area contributed by atoms with Gasteiger partial charge in [-0.15, -0.1) is 0 Å². The van der Waals surface area contributed by atoms with E-state index in [9.17, 15) is 4.79 Å². The molecule has 1 aliphatic heterocycles. The van der Waals surface area contributed by atoms with Gasteiger partial charge in [0.05, 0.1) is 6.42 Å². The fraction of sp³-hybridized carbons (Fsp3) is 0.562. The summed E-state index contributed by atoms with van der Waals surface area (Å²) in [4.78, 5) is 14.3. The second kappa shape index (κ2) is 6.03. The second-order valence-electron chi connectivity index (χ2n) is 5.65. The first-order valence-electron chi connectivity index (χ1n) is 6.98. The van der Waals surface area contributed by atoms with E-state index >= 15 is 0 Å². The molecule has 0 bridgehead atoms. The molecule has 0 unspecified atom stereocenters. The fourth-order valence-electron chi connectivity index (χ4n) is 2.66. The van der Waals surface area contributed by atoms with Crippen molar-refractivity contribution in [1.82, 2.24) is 4.90 Å². The van der Waals surface area contributed by atoms with Gasteiger partial charge in [-0.05, 0) is 30.2 Å². The van der Waals surface area contributed by atoms with Gasteiger partial charge < -0.3 is 4.90 Å². The number of carbonyl (C=O) groups is 1. The van der Waals surface area contributed by atoms with Crippen LogP contribution >= 0.6 is 0 Å². The normalized spacial score (nSPS) is 20.2. The average molecular weight is 245 g/mol. The van der Waals surface area contributed by atoms with Crippen molar-refractivity contribution < 1.29 is 4.79 Å². The summed E-state index contributed by atoms with van der Waals surface area (Å²) in [6.07, 6.45) is 2.97. The van der Waals surface area contributed by atoms with E-state index in [2.05, 4.69) is 18.7 Å². The maximum absolute atomic E-state index is 12.3. The van der Waals surface area contributed by atoms with Crippen LogP contribution in [0.5, 0.6) is 0 Å². The van der Waals surface area contributed by atoms with Crippen LogP contribution in [-0.2, 0) is 11.2 Å². The number of carbonyl (C=O) groups excluding carboxylic acids is 1. The molecule has 0 N–H and O–H groups in total. The number of benzene rings is 1. The Morgan fingerprint density at radius 3 is 2.72 bits per heavy atom. The molecule has 0 aliphatic carbocycles. The molecule has 0 spiro atoms. The summed E-state index contributed by atoms with van der Waals surface area (Å²) >= 11 is 0. The van der Waals surface area contributed by atoms with Crippen molar-refractivity contribution >= 4 is 5.91 Å². The van der Waals surface area contributed by atoms with Gasteiger partial charge in [0, 0.05) is 13.1 Å². The van der Waals surface area contributed by atoms with E-state index in [0.717, 1.165) is 25.1 Å². The van der Waals surface area contributed by atoms with E-state index in [1.165, 1.54) is 6.42 Å². The standard InChI is InChI=1S/C16H23NO/c1-13(2)15-9-6-10-17(12-15)16(18)11-14-7-4-3-5-8-14/h3-5,7-8,13,15H,6,9-12H2,1-2H3/t15-/m1/s1. The molecule has 0 saturated carbocycles. The average Bonchev–Trinajstić information content (AvgIpc) is 2.40. The van der Waals surface area contributed by atoms with Crippen LogP contribution in [-0.4, -0.2) is 23.9 Å². The van der Waals surface area contributed by atoms with Crippen LogP contribution in [0.25, 0.3) is 0 Å². The van der Waals surface area contributed by atoms with Crippen LogP contribution in [0.15, 0.2) is 30.3 Å². The highest BCUT2D eigenvalue weighted by atomic mass is 16.2. The molecular formula is C16H23NO. The van der Waals surface area contributed by atoms with Crippen LogP contribution in [0.3, 0.4) is 0 Å². The first kappa shape index (κ1) is 13.1. The molecule has 1 amide bonds. The summed E-state index contributed by atoms with van der Waals surface area (Å²) in [6, 6.07) is 10.0. The number of amides is 1. The van der Waals surface area contributed by atoms with E-state index in [1.54, 1.807) is 0 Å². The van der Waals surface area contributed by atoms with E-state index < -0.39 is 0 Å². The quantitative estimate of drug-likeness (QED) is 0.801. The maximum atomic E-state index is 12.3. The van der Waals surface area contributed by atoms with Crippen molar-refractivity contribution in [3.63, 3.8) is 0 Å². The van der Waals surface area contributed by atoms with E-state index in [1.807, 2.05) is 30.3 Å². The lowest BCUT2D eigenvalue weighted by Crippen LogP contribution is -2.42. The monoisotopic (exact) mass is 245 g/mol. The Hall–Kier alpha value is -1.31. The molecule has 2 heteroatoms. The highest BCUT2D eigenvalue weighted by molar-refractivity contribution is 5.78. The van der Waals surface area contributed by atoms with Crippen molar-refractivity contribution in [2.24, 2.45) is 11.8 Å². The largest absolute Gasteiger partial charge is 0.342 e. The molecule has 2 rings (SSSR count). The lowest BCUT2D eigenvalue weighted by molar-refractivity contribution is -0.132. The van der Waals surface area contributed by atoms with E-state index in [-0.39, 0.29) is 5.91 Å². The molecule has 98 valence electrons. The number of hydrogen-bond donors (Lipinski definition) is 0. The Morgan fingerprint density at radius 2 is 2.06 bits per heavy atom. The van der Waals surface area contributed by atoms with E-state index in [4.69, 9.17) is 0 Å². The third-order valence-electron chi connectivity index (χ3n) is 3.95. The van der Waals surface area contributed by atoms with Crippen molar-refractivity contribution in [3.8, 4) is 0 Å². The number of nitrogens with zero attached hydrogens (tertiary/aromatic N) is 1. The highest BCUT2D eigenvalue weighted by Gasteiger charge is 2.25. The first-order valence-corrected chi connectivity index (χ1v) is 6.98. The summed E-state index contributed by atoms with van der Waals surface area (Å²) in [5, 5.41) is 0. The third-order valence-corrected chi connectivity index (χ3v) is 3.95. The molecular weight excluding hydrogens is 222 g/mol. The lowest BCUT2D eigenvalue weighted by atomic mass is 9.88. The number of hydrogen-bond acceptors (Lipinski definition) is 1. The molecule has 0 aromatic heterocycles. The maximum Gasteiger partial charge on any atom is 0.226 e. The second-order valence-corrected chi connectivity index (χ2v) is 5.65. The van der Waals surface area contributed by atoms with Gasteiger partial charge in [-0.3, -0.25) is 4.79 Å². The van der Waals surface area contributed by atoms with Gasteiger partial charge in [0.2, 0.25) is 5.91 Å². The molecule has 1 atom stereocenters. The Balaban J connectivity index is 1.93. The van der Waals surface area contributed by atoms with Gasteiger partial charge >= 0.3 is 0 Å². The number of piperidine rings is 1. The van der Waals surface area contributed by atoms with Crippen molar-refractivity contribution in [1.29, 1.82) is 0 Å². The Labute approximate surface area is 110 Å². The minimum Gasteiger partial charge on any atom is -0.342 e. The molecule has 1 aliphatic rings. The molecule has 1 heterocycles. The Kier molecular flexibility index (Phi) is 4.40. The number of rotatable bonds is 3. The van der Waals surface area contributed by atoms with Crippen LogP contribution in [0.4, 0.5) is 0 Å². The smallest absolute Gasteiger partial charge is 0.226 e. The molecule has 1 aromatic rings. The van der Waals surface area contributed by atoms with Crippen LogP contribution in [0.2, 0.25) is 0 Å². The van der Waals surface area contributed by atoms with Gasteiger partial charge in [0.25, 0.3) is 0 Å². The van der Waals surface area contributed by atoms with E-state index in [0.29, 0.717) is 18.3 Å². The molecule has 1 aromatic carbocycles.